The first-order valence-corrected chi connectivity index (χ1v) is 5.96. The van der Waals surface area contributed by atoms with Gasteiger partial charge in [0, 0.05) is 4.88 Å². The molecule has 0 atom stereocenters. The van der Waals surface area contributed by atoms with Gasteiger partial charge in [-0.15, -0.1) is 11.3 Å². The number of hydrogen-bond acceptors (Lipinski definition) is 2. The Morgan fingerprint density at radius 2 is 1.62 bits per heavy atom. The Balaban J connectivity index is 0.000000424. The summed E-state index contributed by atoms with van der Waals surface area (Å²) in [6.07, 6.45) is 3.45. The molecule has 0 unspecified atom stereocenters. The van der Waals surface area contributed by atoms with E-state index in [9.17, 15) is 0 Å². The van der Waals surface area contributed by atoms with Gasteiger partial charge in [-0.25, -0.2) is 4.98 Å². The molecule has 1 nitrogen and oxygen atoms in total. The Labute approximate surface area is 86.2 Å². The van der Waals surface area contributed by atoms with E-state index in [1.54, 1.807) is 0 Å². The maximum atomic E-state index is 4.42. The van der Waals surface area contributed by atoms with Gasteiger partial charge in [-0.2, -0.15) is 0 Å². The van der Waals surface area contributed by atoms with E-state index in [4.69, 9.17) is 0 Å². The van der Waals surface area contributed by atoms with E-state index in [1.807, 2.05) is 11.3 Å². The third kappa shape index (κ3) is 4.41. The minimum absolute atomic E-state index is 1.07. The van der Waals surface area contributed by atoms with Gasteiger partial charge in [-0.1, -0.05) is 34.1 Å². The van der Waals surface area contributed by atoms with Crippen LogP contribution in [0.25, 0.3) is 0 Å². The van der Waals surface area contributed by atoms with Gasteiger partial charge in [0.15, 0.2) is 0 Å². The first-order chi connectivity index (χ1) is 6.19. The summed E-state index contributed by atoms with van der Waals surface area (Å²) in [5, 5.41) is 1.27. The first kappa shape index (κ1) is 12.6. The molecule has 13 heavy (non-hydrogen) atoms. The monoisotopic (exact) mass is 199 g/mol. The van der Waals surface area contributed by atoms with Gasteiger partial charge < -0.3 is 0 Å². The van der Waals surface area contributed by atoms with Crippen molar-refractivity contribution in [2.24, 2.45) is 0 Å². The van der Waals surface area contributed by atoms with Crippen molar-refractivity contribution in [3.8, 4) is 0 Å². The van der Waals surface area contributed by atoms with Crippen molar-refractivity contribution in [2.75, 3.05) is 0 Å². The SMILES string of the molecule is CCC.CCc1nc(C)c(CC)s1. The summed E-state index contributed by atoms with van der Waals surface area (Å²) in [6.45, 7) is 10.7. The third-order valence-electron chi connectivity index (χ3n) is 1.56. The van der Waals surface area contributed by atoms with Crippen molar-refractivity contribution in [1.82, 2.24) is 4.98 Å². The largest absolute Gasteiger partial charge is 0.246 e. The van der Waals surface area contributed by atoms with Crippen molar-refractivity contribution < 1.29 is 0 Å². The standard InChI is InChI=1S/C8H13NS.C3H8/c1-4-7-6(3)9-8(5-2)10-7;1-3-2/h4-5H2,1-3H3;3H2,1-2H3. The minimum atomic E-state index is 1.07. The van der Waals surface area contributed by atoms with Crippen molar-refractivity contribution in [2.45, 2.75) is 53.9 Å². The number of rotatable bonds is 2. The fraction of sp³-hybridized carbons (Fsp3) is 0.727. The summed E-state index contributed by atoms with van der Waals surface area (Å²) in [6, 6.07) is 0. The molecule has 0 aliphatic carbocycles. The normalized spacial score (nSPS) is 9.31. The average molecular weight is 199 g/mol. The van der Waals surface area contributed by atoms with Crippen LogP contribution in [-0.2, 0) is 12.8 Å². The lowest BCUT2D eigenvalue weighted by Gasteiger charge is -1.85. The molecular weight excluding hydrogens is 178 g/mol. The number of thiazole rings is 1. The van der Waals surface area contributed by atoms with Gasteiger partial charge in [0.2, 0.25) is 0 Å². The smallest absolute Gasteiger partial charge is 0.0928 e. The Kier molecular flexibility index (Phi) is 6.87. The summed E-state index contributed by atoms with van der Waals surface area (Å²) in [4.78, 5) is 5.86. The van der Waals surface area contributed by atoms with Crippen LogP contribution in [0, 0.1) is 6.92 Å². The number of hydrogen-bond donors (Lipinski definition) is 0. The van der Waals surface area contributed by atoms with Gasteiger partial charge in [0.25, 0.3) is 0 Å². The molecule has 0 bridgehead atoms. The summed E-state index contributed by atoms with van der Waals surface area (Å²) in [7, 11) is 0. The first-order valence-electron chi connectivity index (χ1n) is 5.14. The van der Waals surface area contributed by atoms with Crippen LogP contribution < -0.4 is 0 Å². The summed E-state index contributed by atoms with van der Waals surface area (Å²) >= 11 is 1.85. The molecule has 0 amide bonds. The highest BCUT2D eigenvalue weighted by Gasteiger charge is 2.02. The van der Waals surface area contributed by atoms with Gasteiger partial charge in [0.1, 0.15) is 0 Å². The van der Waals surface area contributed by atoms with Crippen molar-refractivity contribution >= 4 is 11.3 Å². The van der Waals surface area contributed by atoms with Gasteiger partial charge in [-0.3, -0.25) is 0 Å². The zero-order chi connectivity index (χ0) is 10.3. The predicted molar refractivity (Wildman–Crippen MR) is 61.6 cm³/mol. The molecule has 0 saturated heterocycles. The molecule has 1 aromatic rings. The second-order valence-corrected chi connectivity index (χ2v) is 4.20. The molecule has 0 aromatic carbocycles. The van der Waals surface area contributed by atoms with Crippen molar-refractivity contribution in [1.29, 1.82) is 0 Å². The van der Waals surface area contributed by atoms with Crippen molar-refractivity contribution in [3.63, 3.8) is 0 Å². The number of aromatic nitrogens is 1. The predicted octanol–water partition coefficient (Wildman–Crippen LogP) is 3.99. The third-order valence-corrected chi connectivity index (χ3v) is 3.01. The Morgan fingerprint density at radius 3 is 1.85 bits per heavy atom. The van der Waals surface area contributed by atoms with Gasteiger partial charge >= 0.3 is 0 Å². The highest BCUT2D eigenvalue weighted by atomic mass is 32.1. The lowest BCUT2D eigenvalue weighted by Crippen LogP contribution is -1.78. The fourth-order valence-corrected chi connectivity index (χ4v) is 1.92. The maximum Gasteiger partial charge on any atom is 0.0928 e. The van der Waals surface area contributed by atoms with Gasteiger partial charge in [-0.05, 0) is 19.8 Å². The van der Waals surface area contributed by atoms with Crippen LogP contribution in [0.15, 0.2) is 0 Å². The lowest BCUT2D eigenvalue weighted by atomic mass is 10.3. The highest BCUT2D eigenvalue weighted by molar-refractivity contribution is 7.11. The summed E-state index contributed by atoms with van der Waals surface area (Å²) < 4.78 is 0. The zero-order valence-electron chi connectivity index (χ0n) is 9.48. The molecule has 76 valence electrons. The highest BCUT2D eigenvalue weighted by Crippen LogP contribution is 2.18. The molecule has 2 heteroatoms. The average Bonchev–Trinajstić information content (AvgIpc) is 2.47. The van der Waals surface area contributed by atoms with E-state index in [-0.39, 0.29) is 0 Å². The van der Waals surface area contributed by atoms with Crippen LogP contribution in [0.3, 0.4) is 0 Å². The van der Waals surface area contributed by atoms with Gasteiger partial charge in [0.05, 0.1) is 10.7 Å². The molecule has 0 radical (unpaired) electrons. The molecule has 0 spiro atoms. The Bertz CT molecular complexity index is 228. The Morgan fingerprint density at radius 1 is 1.08 bits per heavy atom. The summed E-state index contributed by atoms with van der Waals surface area (Å²) in [5.74, 6) is 0. The van der Waals surface area contributed by atoms with E-state index < -0.39 is 0 Å². The number of nitrogens with zero attached hydrogens (tertiary/aromatic N) is 1. The minimum Gasteiger partial charge on any atom is -0.246 e. The molecule has 0 saturated carbocycles. The van der Waals surface area contributed by atoms with E-state index in [2.05, 4.69) is 39.6 Å². The fourth-order valence-electron chi connectivity index (χ4n) is 0.968. The van der Waals surface area contributed by atoms with Crippen LogP contribution >= 0.6 is 11.3 Å². The maximum absolute atomic E-state index is 4.42. The van der Waals surface area contributed by atoms with Crippen LogP contribution in [-0.4, -0.2) is 4.98 Å². The molecule has 1 rings (SSSR count). The Hall–Kier alpha value is -0.370. The summed E-state index contributed by atoms with van der Waals surface area (Å²) in [5.41, 5.74) is 1.23. The molecular formula is C11H21NS. The van der Waals surface area contributed by atoms with E-state index in [1.165, 1.54) is 22.0 Å². The molecule has 1 heterocycles. The quantitative estimate of drug-likeness (QED) is 0.701. The van der Waals surface area contributed by atoms with E-state index in [0.29, 0.717) is 0 Å². The molecule has 0 aliphatic heterocycles. The van der Waals surface area contributed by atoms with Crippen LogP contribution in [0.1, 0.15) is 49.7 Å². The van der Waals surface area contributed by atoms with Crippen LogP contribution in [0.4, 0.5) is 0 Å². The van der Waals surface area contributed by atoms with Crippen LogP contribution in [0.5, 0.6) is 0 Å². The van der Waals surface area contributed by atoms with Crippen LogP contribution in [0.2, 0.25) is 0 Å². The number of aryl methyl sites for hydroxylation is 3. The molecule has 0 fully saturated rings. The molecule has 0 N–H and O–H groups in total. The lowest BCUT2D eigenvalue weighted by molar-refractivity contribution is 1.05. The zero-order valence-corrected chi connectivity index (χ0v) is 10.3. The van der Waals surface area contributed by atoms with Crippen molar-refractivity contribution in [3.05, 3.63) is 15.6 Å². The second kappa shape index (κ2) is 7.07. The molecule has 0 aliphatic rings. The van der Waals surface area contributed by atoms with E-state index >= 15 is 0 Å². The topological polar surface area (TPSA) is 12.9 Å². The van der Waals surface area contributed by atoms with E-state index in [0.717, 1.165) is 12.8 Å². The second-order valence-electron chi connectivity index (χ2n) is 3.03. The molecule has 1 aromatic heterocycles.